The van der Waals surface area contributed by atoms with Crippen molar-refractivity contribution in [3.63, 3.8) is 0 Å². The average molecular weight is 287 g/mol. The highest BCUT2D eigenvalue weighted by atomic mass is 16.6. The lowest BCUT2D eigenvalue weighted by molar-refractivity contribution is -0.0790. The van der Waals surface area contributed by atoms with Crippen LogP contribution in [0.25, 0.3) is 0 Å². The van der Waals surface area contributed by atoms with Gasteiger partial charge in [-0.3, -0.25) is 4.90 Å². The zero-order chi connectivity index (χ0) is 15.3. The Morgan fingerprint density at radius 2 is 1.95 bits per heavy atom. The SMILES string of the molecule is C[C@@H]1CN(C(CN)CNC(=O)OC(C)(C)C)C[C@H](C)O1. The van der Waals surface area contributed by atoms with Gasteiger partial charge in [0, 0.05) is 32.2 Å². The van der Waals surface area contributed by atoms with Crippen LogP contribution in [0.1, 0.15) is 34.6 Å². The van der Waals surface area contributed by atoms with Crippen LogP contribution in [0.15, 0.2) is 0 Å². The van der Waals surface area contributed by atoms with Crippen LogP contribution < -0.4 is 11.1 Å². The summed E-state index contributed by atoms with van der Waals surface area (Å²) in [7, 11) is 0. The molecule has 1 fully saturated rings. The monoisotopic (exact) mass is 287 g/mol. The Morgan fingerprint density at radius 3 is 2.40 bits per heavy atom. The van der Waals surface area contributed by atoms with Crippen LogP contribution in [0.5, 0.6) is 0 Å². The van der Waals surface area contributed by atoms with E-state index in [4.69, 9.17) is 15.2 Å². The molecule has 0 radical (unpaired) electrons. The van der Waals surface area contributed by atoms with Crippen LogP contribution in [0.3, 0.4) is 0 Å². The number of nitrogens with one attached hydrogen (secondary N) is 1. The summed E-state index contributed by atoms with van der Waals surface area (Å²) in [6.45, 7) is 12.3. The van der Waals surface area contributed by atoms with E-state index in [2.05, 4.69) is 24.1 Å². The van der Waals surface area contributed by atoms with Gasteiger partial charge >= 0.3 is 6.09 Å². The van der Waals surface area contributed by atoms with Gasteiger partial charge < -0.3 is 20.5 Å². The number of carbonyl (C=O) groups excluding carboxylic acids is 1. The van der Waals surface area contributed by atoms with Crippen molar-refractivity contribution in [1.29, 1.82) is 0 Å². The van der Waals surface area contributed by atoms with E-state index >= 15 is 0 Å². The summed E-state index contributed by atoms with van der Waals surface area (Å²) in [5, 5.41) is 2.79. The molecule has 118 valence electrons. The molecular weight excluding hydrogens is 258 g/mol. The average Bonchev–Trinajstić information content (AvgIpc) is 2.25. The molecule has 6 heteroatoms. The molecule has 6 nitrogen and oxygen atoms in total. The lowest BCUT2D eigenvalue weighted by Crippen LogP contribution is -2.55. The van der Waals surface area contributed by atoms with E-state index < -0.39 is 11.7 Å². The number of amides is 1. The first-order valence-corrected chi connectivity index (χ1v) is 7.27. The number of rotatable bonds is 4. The van der Waals surface area contributed by atoms with Crippen LogP contribution in [-0.4, -0.2) is 61.0 Å². The maximum atomic E-state index is 11.7. The fraction of sp³-hybridized carbons (Fsp3) is 0.929. The topological polar surface area (TPSA) is 76.8 Å². The molecule has 0 aliphatic carbocycles. The Labute approximate surface area is 122 Å². The highest BCUT2D eigenvalue weighted by molar-refractivity contribution is 5.67. The number of carbonyl (C=O) groups is 1. The Kier molecular flexibility index (Phi) is 6.23. The quantitative estimate of drug-likeness (QED) is 0.805. The van der Waals surface area contributed by atoms with E-state index in [1.165, 1.54) is 0 Å². The third-order valence-corrected chi connectivity index (χ3v) is 3.12. The normalized spacial score (nSPS) is 26.1. The number of ether oxygens (including phenoxy) is 2. The number of alkyl carbamates (subject to hydrolysis) is 1. The zero-order valence-electron chi connectivity index (χ0n) is 13.3. The molecule has 1 aliphatic heterocycles. The van der Waals surface area contributed by atoms with Gasteiger partial charge in [-0.1, -0.05) is 0 Å². The summed E-state index contributed by atoms with van der Waals surface area (Å²) < 4.78 is 10.9. The van der Waals surface area contributed by atoms with Crippen molar-refractivity contribution in [2.45, 2.75) is 58.5 Å². The van der Waals surface area contributed by atoms with Gasteiger partial charge in [0.2, 0.25) is 0 Å². The van der Waals surface area contributed by atoms with E-state index in [0.29, 0.717) is 13.1 Å². The molecule has 1 unspecified atom stereocenters. The van der Waals surface area contributed by atoms with Crippen molar-refractivity contribution < 1.29 is 14.3 Å². The van der Waals surface area contributed by atoms with Gasteiger partial charge in [-0.2, -0.15) is 0 Å². The van der Waals surface area contributed by atoms with Crippen LogP contribution in [0, 0.1) is 0 Å². The zero-order valence-corrected chi connectivity index (χ0v) is 13.3. The molecule has 0 aromatic rings. The second kappa shape index (κ2) is 7.24. The van der Waals surface area contributed by atoms with Crippen molar-refractivity contribution in [2.24, 2.45) is 5.73 Å². The Morgan fingerprint density at radius 1 is 1.40 bits per heavy atom. The molecule has 1 rings (SSSR count). The molecule has 0 spiro atoms. The largest absolute Gasteiger partial charge is 0.444 e. The first-order valence-electron chi connectivity index (χ1n) is 7.27. The summed E-state index contributed by atoms with van der Waals surface area (Å²) in [5.74, 6) is 0. The Hall–Kier alpha value is -0.850. The molecule has 0 aromatic carbocycles. The molecule has 0 bridgehead atoms. The van der Waals surface area contributed by atoms with Crippen LogP contribution in [0.2, 0.25) is 0 Å². The number of hydrogen-bond acceptors (Lipinski definition) is 5. The predicted octanol–water partition coefficient (Wildman–Crippen LogP) is 0.948. The molecular formula is C14H29N3O3. The minimum atomic E-state index is -0.482. The first kappa shape index (κ1) is 17.2. The minimum absolute atomic E-state index is 0.108. The van der Waals surface area contributed by atoms with Crippen molar-refractivity contribution >= 4 is 6.09 Å². The van der Waals surface area contributed by atoms with E-state index in [-0.39, 0.29) is 18.2 Å². The van der Waals surface area contributed by atoms with Gasteiger partial charge in [-0.15, -0.1) is 0 Å². The molecule has 1 heterocycles. The van der Waals surface area contributed by atoms with Gasteiger partial charge in [0.05, 0.1) is 12.2 Å². The molecule has 3 N–H and O–H groups in total. The molecule has 1 amide bonds. The third-order valence-electron chi connectivity index (χ3n) is 3.12. The summed E-state index contributed by atoms with van der Waals surface area (Å²) >= 11 is 0. The van der Waals surface area contributed by atoms with E-state index in [1.54, 1.807) is 0 Å². The molecule has 20 heavy (non-hydrogen) atoms. The highest BCUT2D eigenvalue weighted by Crippen LogP contribution is 2.13. The summed E-state index contributed by atoms with van der Waals surface area (Å²) in [6.07, 6.45) is -0.0195. The molecule has 0 saturated carbocycles. The molecule has 0 aromatic heterocycles. The maximum absolute atomic E-state index is 11.7. The number of nitrogens with zero attached hydrogens (tertiary/aromatic N) is 1. The Bertz CT molecular complexity index is 307. The summed E-state index contributed by atoms with van der Waals surface area (Å²) in [6, 6.07) is 0.108. The molecule has 3 atom stereocenters. The Balaban J connectivity index is 2.44. The highest BCUT2D eigenvalue weighted by Gasteiger charge is 2.27. The number of hydrogen-bond donors (Lipinski definition) is 2. The van der Waals surface area contributed by atoms with Crippen molar-refractivity contribution in [3.8, 4) is 0 Å². The van der Waals surface area contributed by atoms with Gasteiger partial charge in [0.25, 0.3) is 0 Å². The number of morpholine rings is 1. The van der Waals surface area contributed by atoms with Gasteiger partial charge in [-0.05, 0) is 34.6 Å². The first-order chi connectivity index (χ1) is 9.21. The van der Waals surface area contributed by atoms with Gasteiger partial charge in [0.15, 0.2) is 0 Å². The standard InChI is InChI=1S/C14H29N3O3/c1-10-8-17(9-11(2)19-10)12(6-15)7-16-13(18)20-14(3,4)5/h10-12H,6-9,15H2,1-5H3,(H,16,18)/t10-,11+,12?. The van der Waals surface area contributed by atoms with Crippen molar-refractivity contribution in [3.05, 3.63) is 0 Å². The fourth-order valence-electron chi connectivity index (χ4n) is 2.39. The maximum Gasteiger partial charge on any atom is 0.407 e. The second-order valence-corrected chi connectivity index (χ2v) is 6.48. The van der Waals surface area contributed by atoms with Gasteiger partial charge in [-0.25, -0.2) is 4.79 Å². The number of nitrogens with two attached hydrogens (primary N) is 1. The van der Waals surface area contributed by atoms with E-state index in [1.807, 2.05) is 20.8 Å². The third kappa shape index (κ3) is 6.07. The van der Waals surface area contributed by atoms with Crippen molar-refractivity contribution in [2.75, 3.05) is 26.2 Å². The summed E-state index contributed by atoms with van der Waals surface area (Å²) in [5.41, 5.74) is 5.35. The lowest BCUT2D eigenvalue weighted by Gasteiger charge is -2.39. The molecule has 1 aliphatic rings. The van der Waals surface area contributed by atoms with E-state index in [9.17, 15) is 4.79 Å². The van der Waals surface area contributed by atoms with E-state index in [0.717, 1.165) is 13.1 Å². The van der Waals surface area contributed by atoms with Gasteiger partial charge in [0.1, 0.15) is 5.60 Å². The smallest absolute Gasteiger partial charge is 0.407 e. The lowest BCUT2D eigenvalue weighted by atomic mass is 10.1. The predicted molar refractivity (Wildman–Crippen MR) is 78.7 cm³/mol. The molecule has 1 saturated heterocycles. The van der Waals surface area contributed by atoms with Crippen LogP contribution >= 0.6 is 0 Å². The summed E-state index contributed by atoms with van der Waals surface area (Å²) in [4.78, 5) is 13.9. The second-order valence-electron chi connectivity index (χ2n) is 6.48. The van der Waals surface area contributed by atoms with Crippen molar-refractivity contribution in [1.82, 2.24) is 10.2 Å². The van der Waals surface area contributed by atoms with Crippen LogP contribution in [0.4, 0.5) is 4.79 Å². The van der Waals surface area contributed by atoms with Crippen LogP contribution in [-0.2, 0) is 9.47 Å². The minimum Gasteiger partial charge on any atom is -0.444 e. The fourth-order valence-corrected chi connectivity index (χ4v) is 2.39.